The molecule has 0 saturated carbocycles. The molecule has 1 heterocycles. The van der Waals surface area contributed by atoms with Gasteiger partial charge in [0.05, 0.1) is 0 Å². The number of aryl methyl sites for hydroxylation is 2. The van der Waals surface area contributed by atoms with Crippen molar-refractivity contribution < 1.29 is 0 Å². The lowest BCUT2D eigenvalue weighted by atomic mass is 10.1. The number of aromatic nitrogens is 2. The molecule has 1 aromatic heterocycles. The zero-order chi connectivity index (χ0) is 13.3. The Morgan fingerprint density at radius 2 is 2.00 bits per heavy atom. The Bertz CT molecular complexity index is 579. The van der Waals surface area contributed by atoms with Gasteiger partial charge in [-0.25, -0.2) is 9.97 Å². The molecule has 3 nitrogen and oxygen atoms in total. The average Bonchev–Trinajstić information content (AvgIpc) is 2.28. The van der Waals surface area contributed by atoms with Crippen LogP contribution >= 0.6 is 15.9 Å². The van der Waals surface area contributed by atoms with Crippen molar-refractivity contribution >= 4 is 15.9 Å². The Morgan fingerprint density at radius 3 is 2.56 bits per heavy atom. The van der Waals surface area contributed by atoms with Crippen LogP contribution in [-0.4, -0.2) is 9.97 Å². The van der Waals surface area contributed by atoms with Gasteiger partial charge < -0.3 is 5.73 Å². The van der Waals surface area contributed by atoms with E-state index in [1.807, 2.05) is 32.2 Å². The number of halogens is 1. The van der Waals surface area contributed by atoms with Gasteiger partial charge in [-0.1, -0.05) is 15.9 Å². The Morgan fingerprint density at radius 1 is 1.28 bits per heavy atom. The minimum atomic E-state index is -0.0370. The normalized spacial score (nSPS) is 12.5. The number of hydrogen-bond acceptors (Lipinski definition) is 3. The zero-order valence-electron chi connectivity index (χ0n) is 10.7. The van der Waals surface area contributed by atoms with Gasteiger partial charge in [0, 0.05) is 33.5 Å². The highest BCUT2D eigenvalue weighted by Crippen LogP contribution is 2.24. The Balaban J connectivity index is 2.49. The third kappa shape index (κ3) is 2.60. The van der Waals surface area contributed by atoms with Crippen molar-refractivity contribution in [2.24, 2.45) is 5.73 Å². The standard InChI is InChI=1S/C14H16BrN3/c1-8-6-11(15)4-5-12(8)14-17-7-13(9(2)16)10(3)18-14/h4-7,9H,16H2,1-3H3/t9-/m0/s1. The van der Waals surface area contributed by atoms with E-state index < -0.39 is 0 Å². The minimum Gasteiger partial charge on any atom is -0.324 e. The van der Waals surface area contributed by atoms with E-state index in [1.54, 1.807) is 0 Å². The maximum atomic E-state index is 5.87. The van der Waals surface area contributed by atoms with Crippen LogP contribution in [-0.2, 0) is 0 Å². The largest absolute Gasteiger partial charge is 0.324 e. The molecule has 0 aliphatic rings. The summed E-state index contributed by atoms with van der Waals surface area (Å²) < 4.78 is 1.06. The molecular formula is C14H16BrN3. The van der Waals surface area contributed by atoms with Gasteiger partial charge in [-0.2, -0.15) is 0 Å². The molecule has 4 heteroatoms. The summed E-state index contributed by atoms with van der Waals surface area (Å²) in [5, 5.41) is 0. The first-order chi connectivity index (χ1) is 8.49. The molecule has 0 fully saturated rings. The van der Waals surface area contributed by atoms with Crippen LogP contribution in [0, 0.1) is 13.8 Å². The molecule has 1 aromatic carbocycles. The molecule has 0 spiro atoms. The van der Waals surface area contributed by atoms with E-state index in [0.29, 0.717) is 0 Å². The lowest BCUT2D eigenvalue weighted by molar-refractivity contribution is 0.790. The molecule has 1 atom stereocenters. The van der Waals surface area contributed by atoms with Crippen LogP contribution in [0.5, 0.6) is 0 Å². The predicted molar refractivity (Wildman–Crippen MR) is 77.2 cm³/mol. The predicted octanol–water partition coefficient (Wildman–Crippen LogP) is 3.54. The zero-order valence-corrected chi connectivity index (χ0v) is 12.3. The van der Waals surface area contributed by atoms with Crippen molar-refractivity contribution in [3.8, 4) is 11.4 Å². The summed E-state index contributed by atoms with van der Waals surface area (Å²) in [6.07, 6.45) is 1.82. The van der Waals surface area contributed by atoms with E-state index in [0.717, 1.165) is 32.7 Å². The molecule has 94 valence electrons. The van der Waals surface area contributed by atoms with Gasteiger partial charge in [0.1, 0.15) is 0 Å². The molecule has 0 amide bonds. The highest BCUT2D eigenvalue weighted by Gasteiger charge is 2.10. The molecule has 18 heavy (non-hydrogen) atoms. The molecule has 0 bridgehead atoms. The van der Waals surface area contributed by atoms with Gasteiger partial charge in [-0.05, 0) is 44.5 Å². The Labute approximate surface area is 116 Å². The first-order valence-corrected chi connectivity index (χ1v) is 6.64. The van der Waals surface area contributed by atoms with E-state index >= 15 is 0 Å². The highest BCUT2D eigenvalue weighted by molar-refractivity contribution is 9.10. The smallest absolute Gasteiger partial charge is 0.159 e. The third-order valence-corrected chi connectivity index (χ3v) is 3.43. The summed E-state index contributed by atoms with van der Waals surface area (Å²) in [6.45, 7) is 5.96. The van der Waals surface area contributed by atoms with E-state index in [2.05, 4.69) is 38.9 Å². The van der Waals surface area contributed by atoms with Crippen molar-refractivity contribution in [3.05, 3.63) is 45.7 Å². The van der Waals surface area contributed by atoms with Gasteiger partial charge in [-0.15, -0.1) is 0 Å². The summed E-state index contributed by atoms with van der Waals surface area (Å²) in [4.78, 5) is 8.96. The van der Waals surface area contributed by atoms with Crippen LogP contribution in [0.25, 0.3) is 11.4 Å². The maximum Gasteiger partial charge on any atom is 0.159 e. The van der Waals surface area contributed by atoms with Crippen LogP contribution in [0.15, 0.2) is 28.9 Å². The van der Waals surface area contributed by atoms with Gasteiger partial charge in [0.25, 0.3) is 0 Å². The third-order valence-electron chi connectivity index (χ3n) is 2.94. The molecular weight excluding hydrogens is 290 g/mol. The van der Waals surface area contributed by atoms with Gasteiger partial charge in [0.15, 0.2) is 5.82 Å². The number of benzene rings is 1. The highest BCUT2D eigenvalue weighted by atomic mass is 79.9. The van der Waals surface area contributed by atoms with Crippen molar-refractivity contribution in [2.45, 2.75) is 26.8 Å². The molecule has 0 aliphatic carbocycles. The second-order valence-electron chi connectivity index (χ2n) is 4.48. The summed E-state index contributed by atoms with van der Waals surface area (Å²) in [5.74, 6) is 0.752. The first-order valence-electron chi connectivity index (χ1n) is 5.84. The van der Waals surface area contributed by atoms with Crippen LogP contribution in [0.2, 0.25) is 0 Å². The number of hydrogen-bond donors (Lipinski definition) is 1. The fraction of sp³-hybridized carbons (Fsp3) is 0.286. The van der Waals surface area contributed by atoms with E-state index in [9.17, 15) is 0 Å². The van der Waals surface area contributed by atoms with E-state index in [1.165, 1.54) is 0 Å². The average molecular weight is 306 g/mol. The maximum absolute atomic E-state index is 5.87. The monoisotopic (exact) mass is 305 g/mol. The summed E-state index contributed by atoms with van der Waals surface area (Å²) in [5.41, 5.74) is 10.0. The molecule has 0 unspecified atom stereocenters. The van der Waals surface area contributed by atoms with Gasteiger partial charge in [0.2, 0.25) is 0 Å². The summed E-state index contributed by atoms with van der Waals surface area (Å²) >= 11 is 3.46. The van der Waals surface area contributed by atoms with E-state index in [-0.39, 0.29) is 6.04 Å². The van der Waals surface area contributed by atoms with Gasteiger partial charge in [-0.3, -0.25) is 0 Å². The molecule has 2 N–H and O–H groups in total. The van der Waals surface area contributed by atoms with E-state index in [4.69, 9.17) is 5.73 Å². The summed E-state index contributed by atoms with van der Waals surface area (Å²) in [7, 11) is 0. The van der Waals surface area contributed by atoms with Crippen molar-refractivity contribution in [3.63, 3.8) is 0 Å². The number of rotatable bonds is 2. The van der Waals surface area contributed by atoms with Gasteiger partial charge >= 0.3 is 0 Å². The van der Waals surface area contributed by atoms with Crippen LogP contribution in [0.4, 0.5) is 0 Å². The molecule has 0 aliphatic heterocycles. The van der Waals surface area contributed by atoms with Crippen molar-refractivity contribution in [1.29, 1.82) is 0 Å². The topological polar surface area (TPSA) is 51.8 Å². The minimum absolute atomic E-state index is 0.0370. The first kappa shape index (κ1) is 13.2. The second-order valence-corrected chi connectivity index (χ2v) is 5.40. The Hall–Kier alpha value is -1.26. The van der Waals surface area contributed by atoms with Crippen LogP contribution < -0.4 is 5.73 Å². The molecule has 0 saturated heterocycles. The van der Waals surface area contributed by atoms with Crippen molar-refractivity contribution in [1.82, 2.24) is 9.97 Å². The van der Waals surface area contributed by atoms with Crippen LogP contribution in [0.3, 0.4) is 0 Å². The quantitative estimate of drug-likeness (QED) is 0.923. The number of nitrogens with zero attached hydrogens (tertiary/aromatic N) is 2. The lowest BCUT2D eigenvalue weighted by Gasteiger charge is -2.11. The second kappa shape index (κ2) is 5.16. The Kier molecular flexibility index (Phi) is 3.78. The molecule has 2 aromatic rings. The number of nitrogens with two attached hydrogens (primary N) is 1. The van der Waals surface area contributed by atoms with Crippen LogP contribution in [0.1, 0.15) is 29.8 Å². The SMILES string of the molecule is Cc1cc(Br)ccc1-c1ncc([C@H](C)N)c(C)n1. The molecule has 0 radical (unpaired) electrons. The summed E-state index contributed by atoms with van der Waals surface area (Å²) in [6, 6.07) is 6.05. The van der Waals surface area contributed by atoms with Crippen molar-refractivity contribution in [2.75, 3.05) is 0 Å². The lowest BCUT2D eigenvalue weighted by Crippen LogP contribution is -2.09. The fourth-order valence-corrected chi connectivity index (χ4v) is 2.41. The molecule has 2 rings (SSSR count). The fourth-order valence-electron chi connectivity index (χ4n) is 1.93.